The fourth-order valence-corrected chi connectivity index (χ4v) is 3.71. The number of nitrogens with one attached hydrogen (secondary N) is 1. The number of nitrogens with two attached hydrogens (primary N) is 1. The van der Waals surface area contributed by atoms with E-state index in [0.29, 0.717) is 0 Å². The zero-order valence-corrected chi connectivity index (χ0v) is 11.0. The summed E-state index contributed by atoms with van der Waals surface area (Å²) in [5.41, 5.74) is 3.98. The molecule has 1 aliphatic rings. The van der Waals surface area contributed by atoms with E-state index in [0.717, 1.165) is 17.3 Å². The summed E-state index contributed by atoms with van der Waals surface area (Å²) in [5.74, 6) is 5.66. The monoisotopic (exact) mass is 290 g/mol. The molecule has 0 aliphatic heterocycles. The average Bonchev–Trinajstić information content (AvgIpc) is 2.58. The van der Waals surface area contributed by atoms with Crippen LogP contribution in [0.15, 0.2) is 15.2 Å². The minimum Gasteiger partial charge on any atom is -0.376 e. The molecule has 0 amide bonds. The molecule has 1 aliphatic carbocycles. The zero-order chi connectivity index (χ0) is 10.9. The molecule has 1 aromatic rings. The number of halogens is 1. The third-order valence-electron chi connectivity index (χ3n) is 3.25. The number of hydrogen-bond donors (Lipinski definition) is 2. The Bertz CT molecular complexity index is 332. The van der Waals surface area contributed by atoms with E-state index in [1.165, 1.54) is 12.0 Å². The van der Waals surface area contributed by atoms with E-state index in [2.05, 4.69) is 32.1 Å². The van der Waals surface area contributed by atoms with Gasteiger partial charge in [-0.3, -0.25) is 5.84 Å². The molecule has 2 rings (SSSR count). The van der Waals surface area contributed by atoms with Crippen LogP contribution in [0.1, 0.15) is 30.9 Å². The molecule has 3 nitrogen and oxygen atoms in total. The lowest BCUT2D eigenvalue weighted by Crippen LogP contribution is -2.52. The molecule has 15 heavy (non-hydrogen) atoms. The molecular weight excluding hydrogens is 276 g/mol. The van der Waals surface area contributed by atoms with Crippen molar-refractivity contribution in [1.82, 2.24) is 5.43 Å². The largest absolute Gasteiger partial charge is 0.376 e. The summed E-state index contributed by atoms with van der Waals surface area (Å²) in [4.78, 5) is 0. The van der Waals surface area contributed by atoms with Gasteiger partial charge < -0.3 is 4.74 Å². The predicted octanol–water partition coefficient (Wildman–Crippen LogP) is 2.58. The van der Waals surface area contributed by atoms with Crippen molar-refractivity contribution in [3.05, 3.63) is 20.8 Å². The van der Waals surface area contributed by atoms with Gasteiger partial charge in [-0.15, -0.1) is 0 Å². The van der Waals surface area contributed by atoms with Gasteiger partial charge in [0.2, 0.25) is 0 Å². The highest BCUT2D eigenvalue weighted by molar-refractivity contribution is 9.10. The molecule has 1 heterocycles. The summed E-state index contributed by atoms with van der Waals surface area (Å²) >= 11 is 5.22. The third kappa shape index (κ3) is 1.87. The van der Waals surface area contributed by atoms with Gasteiger partial charge in [0.15, 0.2) is 0 Å². The van der Waals surface area contributed by atoms with Crippen molar-refractivity contribution in [2.24, 2.45) is 5.84 Å². The average molecular weight is 291 g/mol. The lowest BCUT2D eigenvalue weighted by atomic mass is 9.73. The first kappa shape index (κ1) is 11.5. The Kier molecular flexibility index (Phi) is 3.47. The van der Waals surface area contributed by atoms with Crippen LogP contribution in [0, 0.1) is 0 Å². The number of thiophene rings is 1. The van der Waals surface area contributed by atoms with Crippen LogP contribution in [0.3, 0.4) is 0 Å². The smallest absolute Gasteiger partial charge is 0.0886 e. The molecule has 84 valence electrons. The van der Waals surface area contributed by atoms with Crippen LogP contribution in [0.25, 0.3) is 0 Å². The number of hydrazine groups is 1. The molecule has 1 fully saturated rings. The molecule has 0 aromatic carbocycles. The first-order valence-electron chi connectivity index (χ1n) is 4.96. The van der Waals surface area contributed by atoms with Gasteiger partial charge in [0.05, 0.1) is 11.6 Å². The number of methoxy groups -OCH3 is 1. The van der Waals surface area contributed by atoms with E-state index in [-0.39, 0.29) is 11.6 Å². The summed E-state index contributed by atoms with van der Waals surface area (Å²) in [6, 6.07) is 0.0804. The highest BCUT2D eigenvalue weighted by Crippen LogP contribution is 2.46. The topological polar surface area (TPSA) is 47.3 Å². The Balaban J connectivity index is 2.27. The molecular formula is C10H15BrN2OS. The third-order valence-corrected chi connectivity index (χ3v) is 5.00. The molecule has 3 N–H and O–H groups in total. The van der Waals surface area contributed by atoms with Crippen molar-refractivity contribution in [1.29, 1.82) is 0 Å². The van der Waals surface area contributed by atoms with Gasteiger partial charge in [0, 0.05) is 17.0 Å². The number of hydrogen-bond acceptors (Lipinski definition) is 4. The zero-order valence-electron chi connectivity index (χ0n) is 8.63. The second-order valence-corrected chi connectivity index (χ2v) is 5.50. The van der Waals surface area contributed by atoms with Crippen molar-refractivity contribution in [3.63, 3.8) is 0 Å². The van der Waals surface area contributed by atoms with Crippen LogP contribution >= 0.6 is 27.3 Å². The van der Waals surface area contributed by atoms with Gasteiger partial charge >= 0.3 is 0 Å². The van der Waals surface area contributed by atoms with Crippen LogP contribution in [0.4, 0.5) is 0 Å². The molecule has 0 spiro atoms. The van der Waals surface area contributed by atoms with Crippen molar-refractivity contribution < 1.29 is 4.74 Å². The van der Waals surface area contributed by atoms with Crippen molar-refractivity contribution in [3.8, 4) is 0 Å². The molecule has 0 bridgehead atoms. The summed E-state index contributed by atoms with van der Waals surface area (Å²) in [7, 11) is 1.77. The van der Waals surface area contributed by atoms with Crippen LogP contribution in [0.5, 0.6) is 0 Å². The molecule has 5 heteroatoms. The van der Waals surface area contributed by atoms with Gasteiger partial charge in [-0.05, 0) is 46.1 Å². The maximum Gasteiger partial charge on any atom is 0.0886 e. The lowest BCUT2D eigenvalue weighted by molar-refractivity contribution is -0.0999. The van der Waals surface area contributed by atoms with E-state index < -0.39 is 0 Å². The number of rotatable bonds is 4. The minimum atomic E-state index is -0.113. The minimum absolute atomic E-state index is 0.0804. The molecule has 1 atom stereocenters. The Morgan fingerprint density at radius 2 is 2.33 bits per heavy atom. The van der Waals surface area contributed by atoms with Crippen LogP contribution in [-0.4, -0.2) is 12.7 Å². The Morgan fingerprint density at radius 3 is 2.67 bits per heavy atom. The number of ether oxygens (including phenoxy) is 1. The summed E-state index contributed by atoms with van der Waals surface area (Å²) < 4.78 is 6.76. The Labute approximate surface area is 102 Å². The maximum absolute atomic E-state index is 5.66. The first-order valence-corrected chi connectivity index (χ1v) is 6.70. The van der Waals surface area contributed by atoms with E-state index >= 15 is 0 Å². The maximum atomic E-state index is 5.66. The standard InChI is InChI=1S/C10H15BrN2OS/c1-14-10(3-2-4-10)9(13-12)7-5-15-6-8(7)11/h5-6,9,13H,2-4,12H2,1H3. The predicted molar refractivity (Wildman–Crippen MR) is 65.7 cm³/mol. The molecule has 1 saturated carbocycles. The van der Waals surface area contributed by atoms with Crippen LogP contribution in [0.2, 0.25) is 0 Å². The van der Waals surface area contributed by atoms with Crippen molar-refractivity contribution in [2.75, 3.05) is 7.11 Å². The summed E-state index contributed by atoms with van der Waals surface area (Å²) in [5, 5.41) is 4.19. The van der Waals surface area contributed by atoms with Crippen molar-refractivity contribution in [2.45, 2.75) is 30.9 Å². The lowest BCUT2D eigenvalue weighted by Gasteiger charge is -2.46. The summed E-state index contributed by atoms with van der Waals surface area (Å²) in [6.07, 6.45) is 3.36. The SMILES string of the molecule is COC1(C(NN)c2cscc2Br)CCC1. The second kappa shape index (κ2) is 4.51. The van der Waals surface area contributed by atoms with Gasteiger partial charge in [-0.2, -0.15) is 11.3 Å². The molecule has 1 aromatic heterocycles. The van der Waals surface area contributed by atoms with E-state index in [1.54, 1.807) is 18.4 Å². The fraction of sp³-hybridized carbons (Fsp3) is 0.600. The van der Waals surface area contributed by atoms with E-state index in [9.17, 15) is 0 Å². The molecule has 1 unspecified atom stereocenters. The van der Waals surface area contributed by atoms with Gasteiger partial charge in [0.25, 0.3) is 0 Å². The Hall–Kier alpha value is 0.0600. The molecule has 0 saturated heterocycles. The normalized spacial score (nSPS) is 21.0. The second-order valence-electron chi connectivity index (χ2n) is 3.90. The fourth-order valence-electron chi connectivity index (χ4n) is 2.16. The first-order chi connectivity index (χ1) is 7.23. The Morgan fingerprint density at radius 1 is 1.60 bits per heavy atom. The van der Waals surface area contributed by atoms with Gasteiger partial charge in [0.1, 0.15) is 0 Å². The highest BCUT2D eigenvalue weighted by Gasteiger charge is 2.45. The van der Waals surface area contributed by atoms with Gasteiger partial charge in [-0.25, -0.2) is 5.43 Å². The molecule has 0 radical (unpaired) electrons. The van der Waals surface area contributed by atoms with E-state index in [4.69, 9.17) is 10.6 Å². The quantitative estimate of drug-likeness (QED) is 0.662. The van der Waals surface area contributed by atoms with Crippen molar-refractivity contribution >= 4 is 27.3 Å². The van der Waals surface area contributed by atoms with Crippen LogP contribution in [-0.2, 0) is 4.74 Å². The van der Waals surface area contributed by atoms with E-state index in [1.807, 2.05) is 0 Å². The van der Waals surface area contributed by atoms with Gasteiger partial charge in [-0.1, -0.05) is 0 Å². The highest BCUT2D eigenvalue weighted by atomic mass is 79.9. The summed E-state index contributed by atoms with van der Waals surface area (Å²) in [6.45, 7) is 0. The van der Waals surface area contributed by atoms with Crippen LogP contribution < -0.4 is 11.3 Å².